The molecular weight excluding hydrogens is 352 g/mol. The van der Waals surface area contributed by atoms with E-state index in [2.05, 4.69) is 10.3 Å². The number of phenols is 1. The molecule has 0 unspecified atom stereocenters. The summed E-state index contributed by atoms with van der Waals surface area (Å²) in [5.41, 5.74) is 0.172. The molecular formula is C19H22N2O6. The third kappa shape index (κ3) is 3.99. The zero-order valence-electron chi connectivity index (χ0n) is 15.1. The molecule has 0 aliphatic heterocycles. The molecule has 1 aromatic heterocycles. The van der Waals surface area contributed by atoms with Crippen LogP contribution in [0.1, 0.15) is 32.3 Å². The molecule has 8 heteroatoms. The van der Waals surface area contributed by atoms with Crippen molar-refractivity contribution in [2.24, 2.45) is 5.41 Å². The number of benzene rings is 1. The molecule has 2 rings (SSSR count). The highest BCUT2D eigenvalue weighted by atomic mass is 16.4. The number of carbonyl (C=O) groups is 3. The molecule has 8 nitrogen and oxygen atoms in total. The number of pyridine rings is 1. The second kappa shape index (κ2) is 8.03. The number of carboxylic acids is 2. The predicted molar refractivity (Wildman–Crippen MR) is 97.3 cm³/mol. The van der Waals surface area contributed by atoms with Gasteiger partial charge in [-0.3, -0.25) is 9.78 Å². The van der Waals surface area contributed by atoms with Gasteiger partial charge < -0.3 is 20.6 Å². The van der Waals surface area contributed by atoms with Crippen molar-refractivity contribution in [2.45, 2.75) is 39.2 Å². The molecule has 0 fully saturated rings. The Kier molecular flexibility index (Phi) is 5.99. The van der Waals surface area contributed by atoms with Gasteiger partial charge in [0.2, 0.25) is 11.9 Å². The number of hydrogen-bond acceptors (Lipinski definition) is 5. The maximum absolute atomic E-state index is 12.9. The van der Waals surface area contributed by atoms with Crippen molar-refractivity contribution >= 4 is 28.7 Å². The van der Waals surface area contributed by atoms with Gasteiger partial charge in [-0.1, -0.05) is 26.0 Å². The molecule has 2 aromatic rings. The Balaban J connectivity index is 2.42. The highest BCUT2D eigenvalue weighted by molar-refractivity contribution is 6.01. The van der Waals surface area contributed by atoms with Gasteiger partial charge in [0.1, 0.15) is 11.3 Å². The van der Waals surface area contributed by atoms with Crippen LogP contribution < -0.4 is 5.32 Å². The fourth-order valence-electron chi connectivity index (χ4n) is 3.15. The number of nitrogens with one attached hydrogen (secondary N) is 1. The fourth-order valence-corrected chi connectivity index (χ4v) is 3.15. The molecule has 0 spiro atoms. The lowest BCUT2D eigenvalue weighted by atomic mass is 9.75. The Labute approximate surface area is 155 Å². The standard InChI is InChI=1S/C19H22N2O6/c1-3-19(4-2,18(27)21-15(16(23)24)17(25)26)10-11-7-8-13(22)14-12(11)6-5-9-20-14/h5-9,15,22H,3-4,10H2,1-2H3,(H,21,27)(H,23,24)(H,25,26). The van der Waals surface area contributed by atoms with E-state index in [1.807, 2.05) is 0 Å². The molecule has 0 bridgehead atoms. The number of nitrogens with zero attached hydrogens (tertiary/aromatic N) is 1. The zero-order valence-corrected chi connectivity index (χ0v) is 15.1. The van der Waals surface area contributed by atoms with Gasteiger partial charge in [0, 0.05) is 11.6 Å². The van der Waals surface area contributed by atoms with Gasteiger partial charge in [-0.15, -0.1) is 0 Å². The Bertz CT molecular complexity index is 862. The van der Waals surface area contributed by atoms with Crippen molar-refractivity contribution in [3.63, 3.8) is 0 Å². The molecule has 1 amide bonds. The molecule has 1 aromatic carbocycles. The quantitative estimate of drug-likeness (QED) is 0.518. The van der Waals surface area contributed by atoms with Crippen molar-refractivity contribution in [1.29, 1.82) is 0 Å². The van der Waals surface area contributed by atoms with Gasteiger partial charge in [0.25, 0.3) is 0 Å². The molecule has 0 atom stereocenters. The number of aromatic hydroxyl groups is 1. The Hall–Kier alpha value is -3.16. The summed E-state index contributed by atoms with van der Waals surface area (Å²) < 4.78 is 0. The Morgan fingerprint density at radius 2 is 1.74 bits per heavy atom. The Morgan fingerprint density at radius 1 is 1.11 bits per heavy atom. The minimum absolute atomic E-state index is 0.0224. The monoisotopic (exact) mass is 374 g/mol. The number of amides is 1. The molecule has 0 saturated carbocycles. The maximum Gasteiger partial charge on any atom is 0.338 e. The molecule has 27 heavy (non-hydrogen) atoms. The Morgan fingerprint density at radius 3 is 2.30 bits per heavy atom. The maximum atomic E-state index is 12.9. The number of rotatable bonds is 8. The van der Waals surface area contributed by atoms with Crippen LogP contribution in [-0.4, -0.2) is 44.2 Å². The second-order valence-electron chi connectivity index (χ2n) is 6.39. The average molecular weight is 374 g/mol. The van der Waals surface area contributed by atoms with Crippen LogP contribution in [-0.2, 0) is 20.8 Å². The van der Waals surface area contributed by atoms with E-state index in [1.54, 1.807) is 38.2 Å². The number of carboxylic acid groups (broad SMARTS) is 2. The summed E-state index contributed by atoms with van der Waals surface area (Å²) in [4.78, 5) is 39.2. The van der Waals surface area contributed by atoms with E-state index in [0.29, 0.717) is 23.7 Å². The SMILES string of the molecule is CCC(CC)(Cc1ccc(O)c2ncccc12)C(=O)NC(C(=O)O)C(=O)O. The molecule has 4 N–H and O–H groups in total. The van der Waals surface area contributed by atoms with Crippen LogP contribution in [0.25, 0.3) is 10.9 Å². The van der Waals surface area contributed by atoms with Gasteiger partial charge in [-0.05, 0) is 37.0 Å². The van der Waals surface area contributed by atoms with Crippen molar-refractivity contribution < 1.29 is 29.7 Å². The third-order valence-corrected chi connectivity index (χ3v) is 4.97. The van der Waals surface area contributed by atoms with E-state index >= 15 is 0 Å². The highest BCUT2D eigenvalue weighted by Gasteiger charge is 2.39. The largest absolute Gasteiger partial charge is 0.506 e. The first kappa shape index (κ1) is 20.2. The van der Waals surface area contributed by atoms with Crippen molar-refractivity contribution in [3.8, 4) is 5.75 Å². The van der Waals surface area contributed by atoms with Crippen LogP contribution in [0.3, 0.4) is 0 Å². The minimum atomic E-state index is -2.01. The van der Waals surface area contributed by atoms with Crippen molar-refractivity contribution in [1.82, 2.24) is 10.3 Å². The second-order valence-corrected chi connectivity index (χ2v) is 6.39. The number of carbonyl (C=O) groups excluding carboxylic acids is 1. The summed E-state index contributed by atoms with van der Waals surface area (Å²) in [6.07, 6.45) is 2.56. The first-order valence-electron chi connectivity index (χ1n) is 8.58. The van der Waals surface area contributed by atoms with Crippen molar-refractivity contribution in [2.75, 3.05) is 0 Å². The number of fused-ring (bicyclic) bond motifs is 1. The van der Waals surface area contributed by atoms with E-state index in [9.17, 15) is 19.5 Å². The number of hydrogen-bond donors (Lipinski definition) is 4. The summed E-state index contributed by atoms with van der Waals surface area (Å²) in [5, 5.41) is 30.9. The molecule has 1 heterocycles. The normalized spacial score (nSPS) is 11.5. The van der Waals surface area contributed by atoms with Crippen molar-refractivity contribution in [3.05, 3.63) is 36.0 Å². The van der Waals surface area contributed by atoms with Crippen LogP contribution in [0.2, 0.25) is 0 Å². The third-order valence-electron chi connectivity index (χ3n) is 4.97. The topological polar surface area (TPSA) is 137 Å². The lowest BCUT2D eigenvalue weighted by molar-refractivity contribution is -0.154. The lowest BCUT2D eigenvalue weighted by Crippen LogP contribution is -2.52. The molecule has 0 radical (unpaired) electrons. The summed E-state index contributed by atoms with van der Waals surface area (Å²) >= 11 is 0. The van der Waals surface area contributed by atoms with E-state index in [-0.39, 0.29) is 12.2 Å². The van der Waals surface area contributed by atoms with E-state index in [1.165, 1.54) is 6.07 Å². The minimum Gasteiger partial charge on any atom is -0.506 e. The van der Waals surface area contributed by atoms with Gasteiger partial charge in [-0.25, -0.2) is 9.59 Å². The zero-order chi connectivity index (χ0) is 20.2. The summed E-state index contributed by atoms with van der Waals surface area (Å²) in [7, 11) is 0. The first-order valence-corrected chi connectivity index (χ1v) is 8.58. The van der Waals surface area contributed by atoms with Crippen LogP contribution in [0, 0.1) is 5.41 Å². The molecule has 0 saturated heterocycles. The smallest absolute Gasteiger partial charge is 0.338 e. The van der Waals surface area contributed by atoms with Crippen LogP contribution in [0.15, 0.2) is 30.5 Å². The highest BCUT2D eigenvalue weighted by Crippen LogP contribution is 2.35. The molecule has 0 aliphatic rings. The molecule has 144 valence electrons. The van der Waals surface area contributed by atoms with E-state index < -0.39 is 29.3 Å². The van der Waals surface area contributed by atoms with E-state index in [4.69, 9.17) is 10.2 Å². The van der Waals surface area contributed by atoms with Crippen LogP contribution in [0.4, 0.5) is 0 Å². The first-order chi connectivity index (χ1) is 12.8. The fraction of sp³-hybridized carbons (Fsp3) is 0.368. The van der Waals surface area contributed by atoms with Gasteiger partial charge >= 0.3 is 11.9 Å². The number of aromatic nitrogens is 1. The summed E-state index contributed by atoms with van der Waals surface area (Å²) in [5.74, 6) is -3.87. The summed E-state index contributed by atoms with van der Waals surface area (Å²) in [6, 6.07) is 4.68. The average Bonchev–Trinajstić information content (AvgIpc) is 2.65. The van der Waals surface area contributed by atoms with Gasteiger partial charge in [0.15, 0.2) is 0 Å². The summed E-state index contributed by atoms with van der Waals surface area (Å²) in [6.45, 7) is 3.58. The lowest BCUT2D eigenvalue weighted by Gasteiger charge is -2.31. The van der Waals surface area contributed by atoms with Crippen LogP contribution in [0.5, 0.6) is 5.75 Å². The number of phenolic OH excluding ortho intramolecular Hbond substituents is 1. The van der Waals surface area contributed by atoms with Crippen LogP contribution >= 0.6 is 0 Å². The predicted octanol–water partition coefficient (Wildman–Crippen LogP) is 1.94. The van der Waals surface area contributed by atoms with E-state index in [0.717, 1.165) is 5.56 Å². The molecule has 0 aliphatic carbocycles. The van der Waals surface area contributed by atoms with Gasteiger partial charge in [-0.2, -0.15) is 0 Å². The number of aliphatic carboxylic acids is 2. The van der Waals surface area contributed by atoms with Gasteiger partial charge in [0.05, 0.1) is 5.41 Å².